The molecule has 0 saturated carbocycles. The first-order valence-electron chi connectivity index (χ1n) is 10.3. The number of anilines is 1. The van der Waals surface area contributed by atoms with Crippen LogP contribution in [0.5, 0.6) is 0 Å². The number of ether oxygens (including phenoxy) is 1. The molecule has 0 saturated heterocycles. The first-order valence-corrected chi connectivity index (χ1v) is 11.2. The van der Waals surface area contributed by atoms with E-state index in [0.717, 1.165) is 16.7 Å². The Morgan fingerprint density at radius 1 is 1.12 bits per heavy atom. The Hall–Kier alpha value is -4.04. The summed E-state index contributed by atoms with van der Waals surface area (Å²) in [5, 5.41) is 5.21. The van der Waals surface area contributed by atoms with E-state index >= 15 is 0 Å². The van der Waals surface area contributed by atoms with E-state index in [1.165, 1.54) is 28.3 Å². The predicted molar refractivity (Wildman–Crippen MR) is 130 cm³/mol. The lowest BCUT2D eigenvalue weighted by Crippen LogP contribution is -2.27. The SMILES string of the molecule is CCOC(=O)/C=C/c1ccc(NC(=O)Cn2cnc3scc(-c4ccccc4)c3c2=O)cc1. The van der Waals surface area contributed by atoms with Gasteiger partial charge in [-0.25, -0.2) is 9.78 Å². The molecule has 0 bridgehead atoms. The zero-order valence-corrected chi connectivity index (χ0v) is 18.7. The van der Waals surface area contributed by atoms with Gasteiger partial charge >= 0.3 is 5.97 Å². The maximum Gasteiger partial charge on any atom is 0.330 e. The van der Waals surface area contributed by atoms with E-state index in [4.69, 9.17) is 4.74 Å². The molecule has 1 N–H and O–H groups in total. The number of nitrogens with one attached hydrogen (secondary N) is 1. The smallest absolute Gasteiger partial charge is 0.330 e. The van der Waals surface area contributed by atoms with Crippen molar-refractivity contribution in [3.63, 3.8) is 0 Å². The molecular weight excluding hydrogens is 438 g/mol. The van der Waals surface area contributed by atoms with Gasteiger partial charge in [0.05, 0.1) is 18.3 Å². The fourth-order valence-corrected chi connectivity index (χ4v) is 4.20. The van der Waals surface area contributed by atoms with Gasteiger partial charge in [0.1, 0.15) is 11.4 Å². The van der Waals surface area contributed by atoms with Gasteiger partial charge in [-0.3, -0.25) is 14.2 Å². The van der Waals surface area contributed by atoms with Crippen LogP contribution < -0.4 is 10.9 Å². The third kappa shape index (κ3) is 5.24. The first kappa shape index (κ1) is 22.2. The van der Waals surface area contributed by atoms with Crippen molar-refractivity contribution >= 4 is 45.2 Å². The number of esters is 1. The minimum atomic E-state index is -0.410. The molecule has 8 heteroatoms. The molecule has 0 aliphatic carbocycles. The highest BCUT2D eigenvalue weighted by molar-refractivity contribution is 7.17. The average molecular weight is 460 g/mol. The number of thiophene rings is 1. The summed E-state index contributed by atoms with van der Waals surface area (Å²) in [6, 6.07) is 16.6. The van der Waals surface area contributed by atoms with Crippen LogP contribution in [-0.4, -0.2) is 28.0 Å². The molecule has 33 heavy (non-hydrogen) atoms. The van der Waals surface area contributed by atoms with E-state index in [-0.39, 0.29) is 18.0 Å². The molecule has 0 unspecified atom stereocenters. The predicted octanol–water partition coefficient (Wildman–Crippen LogP) is 4.34. The van der Waals surface area contributed by atoms with Gasteiger partial charge in [-0.2, -0.15) is 0 Å². The molecule has 0 fully saturated rings. The van der Waals surface area contributed by atoms with E-state index in [1.54, 1.807) is 37.3 Å². The molecule has 4 rings (SSSR count). The molecule has 0 spiro atoms. The Morgan fingerprint density at radius 2 is 1.88 bits per heavy atom. The normalized spacial score (nSPS) is 11.1. The second-order valence-electron chi connectivity index (χ2n) is 7.13. The second-order valence-corrected chi connectivity index (χ2v) is 7.99. The van der Waals surface area contributed by atoms with Crippen LogP contribution in [0.25, 0.3) is 27.4 Å². The van der Waals surface area contributed by atoms with Crippen molar-refractivity contribution in [2.24, 2.45) is 0 Å². The summed E-state index contributed by atoms with van der Waals surface area (Å²) in [4.78, 5) is 42.1. The Morgan fingerprint density at radius 3 is 2.61 bits per heavy atom. The van der Waals surface area contributed by atoms with Crippen LogP contribution in [0.3, 0.4) is 0 Å². The van der Waals surface area contributed by atoms with Gasteiger partial charge in [0.2, 0.25) is 5.91 Å². The third-order valence-corrected chi connectivity index (χ3v) is 5.74. The number of fused-ring (bicyclic) bond motifs is 1. The molecule has 1 amide bonds. The van der Waals surface area contributed by atoms with Crippen LogP contribution >= 0.6 is 11.3 Å². The van der Waals surface area contributed by atoms with E-state index in [0.29, 0.717) is 22.5 Å². The summed E-state index contributed by atoms with van der Waals surface area (Å²) in [6.45, 7) is 1.91. The molecule has 2 aromatic carbocycles. The van der Waals surface area contributed by atoms with E-state index in [2.05, 4.69) is 10.3 Å². The monoisotopic (exact) mass is 459 g/mol. The fraction of sp³-hybridized carbons (Fsp3) is 0.120. The highest BCUT2D eigenvalue weighted by Gasteiger charge is 2.14. The molecular formula is C25H21N3O4S. The zero-order chi connectivity index (χ0) is 23.2. The quantitative estimate of drug-likeness (QED) is 0.328. The first-order chi connectivity index (χ1) is 16.0. The Bertz CT molecular complexity index is 1370. The third-order valence-electron chi connectivity index (χ3n) is 4.85. The number of carbonyl (C=O) groups is 2. The molecule has 2 heterocycles. The van der Waals surface area contributed by atoms with Crippen molar-refractivity contribution in [1.82, 2.24) is 9.55 Å². The molecule has 4 aromatic rings. The van der Waals surface area contributed by atoms with Gasteiger partial charge in [-0.1, -0.05) is 42.5 Å². The molecule has 0 aliphatic rings. The minimum absolute atomic E-state index is 0.156. The topological polar surface area (TPSA) is 90.3 Å². The average Bonchev–Trinajstić information content (AvgIpc) is 3.26. The highest BCUT2D eigenvalue weighted by Crippen LogP contribution is 2.30. The van der Waals surface area contributed by atoms with Crippen molar-refractivity contribution in [3.8, 4) is 11.1 Å². The standard InChI is InChI=1S/C25H21N3O4S/c1-2-32-22(30)13-10-17-8-11-19(12-9-17)27-21(29)14-28-16-26-24-23(25(28)31)20(15-33-24)18-6-4-3-5-7-18/h3-13,15-16H,2,14H2,1H3,(H,27,29)/b13-10+. The molecule has 7 nitrogen and oxygen atoms in total. The van der Waals surface area contributed by atoms with Crippen LogP contribution in [0, 0.1) is 0 Å². The maximum absolute atomic E-state index is 13.1. The van der Waals surface area contributed by atoms with Gasteiger partial charge in [-0.15, -0.1) is 11.3 Å². The Balaban J connectivity index is 1.48. The van der Waals surface area contributed by atoms with Crippen LogP contribution in [-0.2, 0) is 20.9 Å². The number of hydrogen-bond donors (Lipinski definition) is 1. The fourth-order valence-electron chi connectivity index (χ4n) is 3.30. The highest BCUT2D eigenvalue weighted by atomic mass is 32.1. The molecule has 166 valence electrons. The van der Waals surface area contributed by atoms with Gasteiger partial charge < -0.3 is 10.1 Å². The summed E-state index contributed by atoms with van der Waals surface area (Å²) < 4.78 is 6.16. The van der Waals surface area contributed by atoms with Crippen molar-refractivity contribution < 1.29 is 14.3 Å². The summed E-state index contributed by atoms with van der Waals surface area (Å²) in [5.41, 5.74) is 2.86. The van der Waals surface area contributed by atoms with E-state index < -0.39 is 5.97 Å². The molecule has 2 aromatic heterocycles. The van der Waals surface area contributed by atoms with Crippen molar-refractivity contribution in [2.45, 2.75) is 13.5 Å². The Kier molecular flexibility index (Phi) is 6.75. The minimum Gasteiger partial charge on any atom is -0.463 e. The second kappa shape index (κ2) is 10.1. The summed E-state index contributed by atoms with van der Waals surface area (Å²) in [6.07, 6.45) is 4.38. The van der Waals surface area contributed by atoms with Crippen LogP contribution in [0.4, 0.5) is 5.69 Å². The number of hydrogen-bond acceptors (Lipinski definition) is 6. The zero-order valence-electron chi connectivity index (χ0n) is 17.9. The van der Waals surface area contributed by atoms with Crippen LogP contribution in [0.1, 0.15) is 12.5 Å². The number of amides is 1. The summed E-state index contributed by atoms with van der Waals surface area (Å²) in [7, 11) is 0. The molecule has 0 aliphatic heterocycles. The number of nitrogens with zero attached hydrogens (tertiary/aromatic N) is 2. The number of benzene rings is 2. The summed E-state index contributed by atoms with van der Waals surface area (Å²) >= 11 is 1.40. The number of aromatic nitrogens is 2. The maximum atomic E-state index is 13.1. The largest absolute Gasteiger partial charge is 0.463 e. The van der Waals surface area contributed by atoms with Crippen molar-refractivity contribution in [2.75, 3.05) is 11.9 Å². The number of rotatable bonds is 7. The lowest BCUT2D eigenvalue weighted by molar-refractivity contribution is -0.137. The van der Waals surface area contributed by atoms with E-state index in [1.807, 2.05) is 35.7 Å². The van der Waals surface area contributed by atoms with Crippen molar-refractivity contribution in [3.05, 3.63) is 88.3 Å². The lowest BCUT2D eigenvalue weighted by atomic mass is 10.1. The number of carbonyl (C=O) groups excluding carboxylic acids is 2. The Labute approximate surface area is 194 Å². The summed E-state index contributed by atoms with van der Waals surface area (Å²) in [5.74, 6) is -0.753. The van der Waals surface area contributed by atoms with Crippen molar-refractivity contribution in [1.29, 1.82) is 0 Å². The van der Waals surface area contributed by atoms with Gasteiger partial charge in [0.25, 0.3) is 5.56 Å². The van der Waals surface area contributed by atoms with Gasteiger partial charge in [0.15, 0.2) is 0 Å². The molecule has 0 atom stereocenters. The van der Waals surface area contributed by atoms with Crippen LogP contribution in [0.15, 0.2) is 77.2 Å². The lowest BCUT2D eigenvalue weighted by Gasteiger charge is -2.08. The van der Waals surface area contributed by atoms with Crippen LogP contribution in [0.2, 0.25) is 0 Å². The van der Waals surface area contributed by atoms with Gasteiger partial charge in [0, 0.05) is 22.7 Å². The molecule has 0 radical (unpaired) electrons. The van der Waals surface area contributed by atoms with E-state index in [9.17, 15) is 14.4 Å². The van der Waals surface area contributed by atoms with Gasteiger partial charge in [-0.05, 0) is 36.3 Å².